The van der Waals surface area contributed by atoms with E-state index < -0.39 is 0 Å². The fraction of sp³-hybridized carbons (Fsp3) is 0.556. The van der Waals surface area contributed by atoms with Crippen LogP contribution in [0.4, 0.5) is 5.69 Å². The van der Waals surface area contributed by atoms with E-state index in [4.69, 9.17) is 4.74 Å². The number of likely N-dealkylation sites (tertiary alicyclic amines) is 1. The molecule has 1 aliphatic heterocycles. The van der Waals surface area contributed by atoms with Crippen molar-refractivity contribution in [3.05, 3.63) is 24.3 Å². The average Bonchev–Trinajstić information content (AvgIpc) is 2.57. The van der Waals surface area contributed by atoms with E-state index in [1.54, 1.807) is 4.90 Å². The molecule has 1 aromatic rings. The fourth-order valence-corrected chi connectivity index (χ4v) is 2.87. The number of carbonyl (C=O) groups excluding carboxylic acids is 2. The molecule has 5 nitrogen and oxygen atoms in total. The number of nitrogens with zero attached hydrogens (tertiary/aromatic N) is 2. The summed E-state index contributed by atoms with van der Waals surface area (Å²) in [6, 6.07) is 7.41. The zero-order valence-corrected chi connectivity index (χ0v) is 14.1. The summed E-state index contributed by atoms with van der Waals surface area (Å²) < 4.78 is 5.41. The van der Waals surface area contributed by atoms with Crippen LogP contribution in [0.25, 0.3) is 0 Å². The molecule has 0 atom stereocenters. The van der Waals surface area contributed by atoms with E-state index in [-0.39, 0.29) is 11.8 Å². The average molecular weight is 318 g/mol. The van der Waals surface area contributed by atoms with Crippen LogP contribution in [-0.4, -0.2) is 43.0 Å². The molecule has 126 valence electrons. The molecule has 0 bridgehead atoms. The highest BCUT2D eigenvalue weighted by Gasteiger charge is 2.19. The highest BCUT2D eigenvalue weighted by atomic mass is 16.5. The summed E-state index contributed by atoms with van der Waals surface area (Å²) in [6.45, 7) is 6.19. The third-order valence-corrected chi connectivity index (χ3v) is 4.10. The molecule has 1 saturated heterocycles. The Bertz CT molecular complexity index is 522. The zero-order valence-electron chi connectivity index (χ0n) is 14.1. The molecule has 0 radical (unpaired) electrons. The van der Waals surface area contributed by atoms with Gasteiger partial charge in [0.2, 0.25) is 11.8 Å². The van der Waals surface area contributed by atoms with Gasteiger partial charge in [-0.1, -0.05) is 0 Å². The number of benzene rings is 1. The van der Waals surface area contributed by atoms with Gasteiger partial charge in [-0.15, -0.1) is 0 Å². The van der Waals surface area contributed by atoms with Gasteiger partial charge in [0.1, 0.15) is 5.75 Å². The van der Waals surface area contributed by atoms with Gasteiger partial charge < -0.3 is 14.5 Å². The lowest BCUT2D eigenvalue weighted by atomic mass is 10.1. The van der Waals surface area contributed by atoms with Gasteiger partial charge in [-0.3, -0.25) is 9.59 Å². The van der Waals surface area contributed by atoms with Gasteiger partial charge in [0, 0.05) is 38.7 Å². The first-order chi connectivity index (χ1) is 11.1. The van der Waals surface area contributed by atoms with Crippen molar-refractivity contribution in [2.24, 2.45) is 0 Å². The van der Waals surface area contributed by atoms with Gasteiger partial charge in [0.05, 0.1) is 6.61 Å². The molecule has 0 saturated carbocycles. The normalized spacial score (nSPS) is 14.4. The fourth-order valence-electron chi connectivity index (χ4n) is 2.87. The summed E-state index contributed by atoms with van der Waals surface area (Å²) in [5.74, 6) is 0.867. The largest absolute Gasteiger partial charge is 0.494 e. The van der Waals surface area contributed by atoms with Crippen molar-refractivity contribution >= 4 is 17.5 Å². The SMILES string of the molecule is CCOc1ccc(N(CCC(=O)N2CCCCC2)C(C)=O)cc1. The molecule has 1 aromatic carbocycles. The number of carbonyl (C=O) groups is 2. The van der Waals surface area contributed by atoms with E-state index in [2.05, 4.69) is 0 Å². The zero-order chi connectivity index (χ0) is 16.7. The minimum atomic E-state index is -0.0550. The third kappa shape index (κ3) is 4.98. The summed E-state index contributed by atoms with van der Waals surface area (Å²) in [4.78, 5) is 27.7. The predicted molar refractivity (Wildman–Crippen MR) is 90.7 cm³/mol. The molecule has 5 heteroatoms. The van der Waals surface area contributed by atoms with Crippen LogP contribution in [0.5, 0.6) is 5.75 Å². The lowest BCUT2D eigenvalue weighted by Crippen LogP contribution is -2.38. The minimum absolute atomic E-state index is 0.0550. The van der Waals surface area contributed by atoms with Crippen LogP contribution in [-0.2, 0) is 9.59 Å². The number of hydrogen-bond acceptors (Lipinski definition) is 3. The standard InChI is InChI=1S/C18H26N2O3/c1-3-23-17-9-7-16(8-10-17)20(15(2)21)14-11-18(22)19-12-5-4-6-13-19/h7-10H,3-6,11-14H2,1-2H3. The molecule has 0 N–H and O–H groups in total. The Morgan fingerprint density at radius 3 is 2.35 bits per heavy atom. The lowest BCUT2D eigenvalue weighted by molar-refractivity contribution is -0.131. The van der Waals surface area contributed by atoms with Gasteiger partial charge in [0.15, 0.2) is 0 Å². The van der Waals surface area contributed by atoms with Crippen LogP contribution in [0.3, 0.4) is 0 Å². The van der Waals surface area contributed by atoms with Crippen molar-refractivity contribution in [1.29, 1.82) is 0 Å². The van der Waals surface area contributed by atoms with Gasteiger partial charge in [-0.25, -0.2) is 0 Å². The molecule has 1 heterocycles. The van der Waals surface area contributed by atoms with Gasteiger partial charge in [-0.05, 0) is 50.5 Å². The Kier molecular flexibility index (Phi) is 6.44. The molecule has 0 aromatic heterocycles. The summed E-state index contributed by atoms with van der Waals surface area (Å²) >= 11 is 0. The number of piperidine rings is 1. The molecule has 1 fully saturated rings. The van der Waals surface area contributed by atoms with E-state index in [1.165, 1.54) is 13.3 Å². The number of hydrogen-bond donors (Lipinski definition) is 0. The van der Waals surface area contributed by atoms with Crippen LogP contribution in [0.15, 0.2) is 24.3 Å². The highest BCUT2D eigenvalue weighted by molar-refractivity contribution is 5.92. The smallest absolute Gasteiger partial charge is 0.224 e. The molecule has 2 amide bonds. The van der Waals surface area contributed by atoms with Gasteiger partial charge in [0.25, 0.3) is 0 Å². The molecule has 23 heavy (non-hydrogen) atoms. The highest BCUT2D eigenvalue weighted by Crippen LogP contribution is 2.20. The second kappa shape index (κ2) is 8.56. The topological polar surface area (TPSA) is 49.9 Å². The van der Waals surface area contributed by atoms with Crippen LogP contribution in [0, 0.1) is 0 Å². The van der Waals surface area contributed by atoms with E-state index in [1.807, 2.05) is 36.1 Å². The van der Waals surface area contributed by atoms with Crippen LogP contribution < -0.4 is 9.64 Å². The van der Waals surface area contributed by atoms with Gasteiger partial charge >= 0.3 is 0 Å². The first kappa shape index (κ1) is 17.3. The Morgan fingerprint density at radius 2 is 1.78 bits per heavy atom. The monoisotopic (exact) mass is 318 g/mol. The number of rotatable bonds is 6. The Balaban J connectivity index is 1.95. The number of amides is 2. The first-order valence-corrected chi connectivity index (χ1v) is 8.40. The second-order valence-corrected chi connectivity index (χ2v) is 5.79. The van der Waals surface area contributed by atoms with E-state index in [0.29, 0.717) is 19.6 Å². The minimum Gasteiger partial charge on any atom is -0.494 e. The van der Waals surface area contributed by atoms with Crippen LogP contribution >= 0.6 is 0 Å². The van der Waals surface area contributed by atoms with Crippen molar-refractivity contribution in [2.45, 2.75) is 39.5 Å². The maximum Gasteiger partial charge on any atom is 0.224 e. The maximum atomic E-state index is 12.3. The Labute approximate surface area is 138 Å². The number of ether oxygens (including phenoxy) is 1. The van der Waals surface area contributed by atoms with E-state index >= 15 is 0 Å². The van der Waals surface area contributed by atoms with Crippen LogP contribution in [0.1, 0.15) is 39.5 Å². The molecule has 2 rings (SSSR count). The molecule has 0 spiro atoms. The van der Waals surface area contributed by atoms with E-state index in [9.17, 15) is 9.59 Å². The van der Waals surface area contributed by atoms with Gasteiger partial charge in [-0.2, -0.15) is 0 Å². The first-order valence-electron chi connectivity index (χ1n) is 8.40. The molecular formula is C18H26N2O3. The van der Waals surface area contributed by atoms with Crippen molar-refractivity contribution in [3.63, 3.8) is 0 Å². The predicted octanol–water partition coefficient (Wildman–Crippen LogP) is 2.84. The van der Waals surface area contributed by atoms with Crippen LogP contribution in [0.2, 0.25) is 0 Å². The van der Waals surface area contributed by atoms with Crippen molar-refractivity contribution in [3.8, 4) is 5.75 Å². The quantitative estimate of drug-likeness (QED) is 0.810. The molecule has 0 aliphatic carbocycles. The maximum absolute atomic E-state index is 12.3. The summed E-state index contributed by atoms with van der Waals surface area (Å²) in [5.41, 5.74) is 0.799. The van der Waals surface area contributed by atoms with Crippen molar-refractivity contribution in [1.82, 2.24) is 4.90 Å². The van der Waals surface area contributed by atoms with E-state index in [0.717, 1.165) is 37.4 Å². The Hall–Kier alpha value is -2.04. The molecular weight excluding hydrogens is 292 g/mol. The van der Waals surface area contributed by atoms with Crippen molar-refractivity contribution in [2.75, 3.05) is 31.1 Å². The number of anilines is 1. The summed E-state index contributed by atoms with van der Waals surface area (Å²) in [5, 5.41) is 0. The summed E-state index contributed by atoms with van der Waals surface area (Å²) in [7, 11) is 0. The van der Waals surface area contributed by atoms with Crippen molar-refractivity contribution < 1.29 is 14.3 Å². The summed E-state index contributed by atoms with van der Waals surface area (Å²) in [6.07, 6.45) is 3.74. The second-order valence-electron chi connectivity index (χ2n) is 5.79. The third-order valence-electron chi connectivity index (χ3n) is 4.10. The Morgan fingerprint density at radius 1 is 1.13 bits per heavy atom. The lowest BCUT2D eigenvalue weighted by Gasteiger charge is -2.28. The molecule has 0 unspecified atom stereocenters. The molecule has 1 aliphatic rings.